The molecule has 188 valence electrons. The molecule has 34 heavy (non-hydrogen) atoms. The number of aromatic nitrogens is 2. The van der Waals surface area contributed by atoms with Crippen molar-refractivity contribution in [3.8, 4) is 11.4 Å². The molecule has 9 heteroatoms. The highest BCUT2D eigenvalue weighted by Crippen LogP contribution is 2.33. The first-order chi connectivity index (χ1) is 16.3. The Bertz CT molecular complexity index is 919. The van der Waals surface area contributed by atoms with Gasteiger partial charge in [-0.05, 0) is 82.9 Å². The number of halogens is 3. The largest absolute Gasteiger partial charge is 0.497 e. The van der Waals surface area contributed by atoms with Crippen LogP contribution in [0.4, 0.5) is 13.2 Å². The number of carbonyl (C=O) groups excluding carboxylic acids is 1. The molecule has 1 fully saturated rings. The van der Waals surface area contributed by atoms with Gasteiger partial charge in [0.2, 0.25) is 0 Å². The summed E-state index contributed by atoms with van der Waals surface area (Å²) in [6, 6.07) is 6.37. The molecule has 0 atom stereocenters. The van der Waals surface area contributed by atoms with E-state index < -0.39 is 11.9 Å². The summed E-state index contributed by atoms with van der Waals surface area (Å²) in [5.74, 6) is 0.563. The fourth-order valence-corrected chi connectivity index (χ4v) is 4.59. The van der Waals surface area contributed by atoms with Gasteiger partial charge in [-0.25, -0.2) is 4.68 Å². The van der Waals surface area contributed by atoms with Crippen LogP contribution in [0.15, 0.2) is 24.3 Å². The Morgan fingerprint density at radius 1 is 1.09 bits per heavy atom. The van der Waals surface area contributed by atoms with Crippen LogP contribution < -0.4 is 15.4 Å². The van der Waals surface area contributed by atoms with Gasteiger partial charge in [0.05, 0.1) is 12.8 Å². The van der Waals surface area contributed by atoms with Crippen LogP contribution in [0.25, 0.3) is 5.69 Å². The minimum atomic E-state index is -4.65. The number of methoxy groups -OCH3 is 1. The zero-order chi connectivity index (χ0) is 24.6. The summed E-state index contributed by atoms with van der Waals surface area (Å²) in [5.41, 5.74) is -0.516. The minimum absolute atomic E-state index is 0.0684. The summed E-state index contributed by atoms with van der Waals surface area (Å²) in [5, 5.41) is 10.6. The topological polar surface area (TPSA) is 68.2 Å². The molecular weight excluding hydrogens is 445 g/mol. The van der Waals surface area contributed by atoms with E-state index >= 15 is 0 Å². The average Bonchev–Trinajstić information content (AvgIpc) is 3.41. The standard InChI is InChI=1S/C25H35F3N4O2/c1-24(13-4-5-14-24)30-16-7-3-6-15-29-17-12-21-22(18-33)32(31-23(21)25(26,27)28)19-8-10-20(34-2)11-9-19/h8-11,18,29-30H,3-7,12-17H2,1-2H3. The fraction of sp³-hybridized carbons (Fsp3) is 0.600. The van der Waals surface area contributed by atoms with Gasteiger partial charge < -0.3 is 15.4 Å². The summed E-state index contributed by atoms with van der Waals surface area (Å²) >= 11 is 0. The molecule has 1 aliphatic rings. The summed E-state index contributed by atoms with van der Waals surface area (Å²) in [7, 11) is 1.50. The SMILES string of the molecule is COc1ccc(-n2nc(C(F)(F)F)c(CCNCCCCCNC3(C)CCCC3)c2C=O)cc1. The Morgan fingerprint density at radius 3 is 2.38 bits per heavy atom. The Hall–Kier alpha value is -2.39. The number of unbranched alkanes of at least 4 members (excludes halogenated alkanes) is 2. The molecule has 1 heterocycles. The molecular formula is C25H35F3N4O2. The van der Waals surface area contributed by atoms with Crippen molar-refractivity contribution in [2.75, 3.05) is 26.7 Å². The van der Waals surface area contributed by atoms with Crippen LogP contribution >= 0.6 is 0 Å². The highest BCUT2D eigenvalue weighted by molar-refractivity contribution is 5.76. The second-order valence-electron chi connectivity index (χ2n) is 9.19. The van der Waals surface area contributed by atoms with Crippen LogP contribution in [0, 0.1) is 0 Å². The quantitative estimate of drug-likeness (QED) is 0.314. The summed E-state index contributed by atoms with van der Waals surface area (Å²) in [4.78, 5) is 11.8. The summed E-state index contributed by atoms with van der Waals surface area (Å²) in [6.07, 6.45) is 4.04. The van der Waals surface area contributed by atoms with Gasteiger partial charge in [0.15, 0.2) is 12.0 Å². The Balaban J connectivity index is 1.52. The maximum absolute atomic E-state index is 13.7. The predicted octanol–water partition coefficient (Wildman–Crippen LogP) is 4.94. The molecule has 3 rings (SSSR count). The van der Waals surface area contributed by atoms with Crippen molar-refractivity contribution >= 4 is 6.29 Å². The summed E-state index contributed by atoms with van der Waals surface area (Å²) in [6.45, 7) is 4.36. The van der Waals surface area contributed by atoms with Crippen LogP contribution in [0.5, 0.6) is 5.75 Å². The van der Waals surface area contributed by atoms with E-state index in [-0.39, 0.29) is 17.7 Å². The number of rotatable bonds is 13. The van der Waals surface area contributed by atoms with E-state index in [9.17, 15) is 18.0 Å². The maximum atomic E-state index is 13.7. The van der Waals surface area contributed by atoms with Crippen LogP contribution in [0.1, 0.15) is 73.6 Å². The lowest BCUT2D eigenvalue weighted by Gasteiger charge is -2.25. The van der Waals surface area contributed by atoms with Crippen molar-refractivity contribution in [1.82, 2.24) is 20.4 Å². The monoisotopic (exact) mass is 480 g/mol. The fourth-order valence-electron chi connectivity index (χ4n) is 4.59. The van der Waals surface area contributed by atoms with Crippen molar-refractivity contribution < 1.29 is 22.7 Å². The first kappa shape index (κ1) is 26.2. The van der Waals surface area contributed by atoms with Crippen molar-refractivity contribution in [2.24, 2.45) is 0 Å². The van der Waals surface area contributed by atoms with Crippen LogP contribution in [-0.4, -0.2) is 48.3 Å². The molecule has 0 unspecified atom stereocenters. The zero-order valence-corrected chi connectivity index (χ0v) is 20.0. The van der Waals surface area contributed by atoms with Gasteiger partial charge >= 0.3 is 6.18 Å². The molecule has 0 aliphatic heterocycles. The first-order valence-electron chi connectivity index (χ1n) is 12.0. The number of hydrogen-bond donors (Lipinski definition) is 2. The normalized spacial score (nSPS) is 15.6. The third kappa shape index (κ3) is 6.82. The number of ether oxygens (including phenoxy) is 1. The van der Waals surface area contributed by atoms with Gasteiger partial charge in [0.25, 0.3) is 0 Å². The van der Waals surface area contributed by atoms with E-state index in [0.29, 0.717) is 29.8 Å². The van der Waals surface area contributed by atoms with Crippen molar-refractivity contribution in [3.05, 3.63) is 41.2 Å². The lowest BCUT2D eigenvalue weighted by atomic mass is 10.0. The van der Waals surface area contributed by atoms with Crippen molar-refractivity contribution in [1.29, 1.82) is 0 Å². The molecule has 1 saturated carbocycles. The van der Waals surface area contributed by atoms with Gasteiger partial charge in [0.1, 0.15) is 11.4 Å². The van der Waals surface area contributed by atoms with Crippen molar-refractivity contribution in [2.45, 2.75) is 70.0 Å². The number of alkyl halides is 3. The Kier molecular flexibility index (Phi) is 9.13. The van der Waals surface area contributed by atoms with Gasteiger partial charge in [-0.3, -0.25) is 4.79 Å². The molecule has 0 bridgehead atoms. The predicted molar refractivity (Wildman–Crippen MR) is 126 cm³/mol. The minimum Gasteiger partial charge on any atom is -0.497 e. The number of nitrogens with zero attached hydrogens (tertiary/aromatic N) is 2. The molecule has 0 amide bonds. The second kappa shape index (κ2) is 11.8. The highest BCUT2D eigenvalue weighted by atomic mass is 19.4. The molecule has 2 aromatic rings. The van der Waals surface area contributed by atoms with E-state index in [4.69, 9.17) is 4.74 Å². The third-order valence-corrected chi connectivity index (χ3v) is 6.56. The van der Waals surface area contributed by atoms with E-state index in [1.165, 1.54) is 32.8 Å². The molecule has 1 aromatic carbocycles. The number of benzene rings is 1. The third-order valence-electron chi connectivity index (χ3n) is 6.56. The first-order valence-corrected chi connectivity index (χ1v) is 12.0. The Labute approximate surface area is 199 Å². The van der Waals surface area contributed by atoms with Gasteiger partial charge in [-0.2, -0.15) is 18.3 Å². The molecule has 0 spiro atoms. The number of hydrogen-bond acceptors (Lipinski definition) is 5. The van der Waals surface area contributed by atoms with Gasteiger partial charge in [0, 0.05) is 11.1 Å². The van der Waals surface area contributed by atoms with Crippen LogP contribution in [0.2, 0.25) is 0 Å². The molecule has 6 nitrogen and oxygen atoms in total. The Morgan fingerprint density at radius 2 is 1.76 bits per heavy atom. The van der Waals surface area contributed by atoms with E-state index in [2.05, 4.69) is 22.7 Å². The zero-order valence-electron chi connectivity index (χ0n) is 20.0. The molecule has 0 saturated heterocycles. The van der Waals surface area contributed by atoms with E-state index in [1.54, 1.807) is 24.3 Å². The van der Waals surface area contributed by atoms with E-state index in [0.717, 1.165) is 37.0 Å². The molecule has 0 radical (unpaired) electrons. The summed E-state index contributed by atoms with van der Waals surface area (Å²) < 4.78 is 47.1. The van der Waals surface area contributed by atoms with Crippen LogP contribution in [-0.2, 0) is 12.6 Å². The maximum Gasteiger partial charge on any atom is 0.435 e. The second-order valence-corrected chi connectivity index (χ2v) is 9.19. The highest BCUT2D eigenvalue weighted by Gasteiger charge is 2.39. The molecule has 1 aliphatic carbocycles. The lowest BCUT2D eigenvalue weighted by molar-refractivity contribution is -0.141. The average molecular weight is 481 g/mol. The molecule has 2 N–H and O–H groups in total. The van der Waals surface area contributed by atoms with Crippen LogP contribution in [0.3, 0.4) is 0 Å². The number of aldehydes is 1. The van der Waals surface area contributed by atoms with Gasteiger partial charge in [-0.15, -0.1) is 0 Å². The van der Waals surface area contributed by atoms with Crippen molar-refractivity contribution in [3.63, 3.8) is 0 Å². The number of nitrogens with one attached hydrogen (secondary N) is 2. The number of carbonyl (C=O) groups is 1. The smallest absolute Gasteiger partial charge is 0.435 e. The molecule has 1 aromatic heterocycles. The van der Waals surface area contributed by atoms with E-state index in [1.807, 2.05) is 0 Å². The van der Waals surface area contributed by atoms with Gasteiger partial charge in [-0.1, -0.05) is 19.3 Å². The lowest BCUT2D eigenvalue weighted by Crippen LogP contribution is -2.39.